The topological polar surface area (TPSA) is 69.9 Å². The SMILES string of the molecule is CN(C)c1ccc(-n2cccc2/C=N\NC(=O)c2cc(Br)cc(Br)c2O)cc1. The lowest BCUT2D eigenvalue weighted by molar-refractivity contribution is 0.0952. The maximum Gasteiger partial charge on any atom is 0.275 e. The summed E-state index contributed by atoms with van der Waals surface area (Å²) in [5, 5.41) is 14.1. The van der Waals surface area contributed by atoms with Gasteiger partial charge in [-0.2, -0.15) is 5.10 Å². The molecule has 1 heterocycles. The highest BCUT2D eigenvalue weighted by atomic mass is 79.9. The van der Waals surface area contributed by atoms with E-state index in [-0.39, 0.29) is 11.3 Å². The molecule has 0 aliphatic rings. The zero-order valence-corrected chi connectivity index (χ0v) is 18.4. The summed E-state index contributed by atoms with van der Waals surface area (Å²) in [6, 6.07) is 15.1. The van der Waals surface area contributed by atoms with Gasteiger partial charge in [-0.1, -0.05) is 15.9 Å². The first kappa shape index (κ1) is 20.2. The summed E-state index contributed by atoms with van der Waals surface area (Å²) in [7, 11) is 3.99. The monoisotopic (exact) mass is 504 g/mol. The van der Waals surface area contributed by atoms with Crippen LogP contribution in [0.1, 0.15) is 16.1 Å². The van der Waals surface area contributed by atoms with Crippen LogP contribution in [0.15, 0.2) is 68.8 Å². The Morgan fingerprint density at radius 3 is 2.57 bits per heavy atom. The van der Waals surface area contributed by atoms with Gasteiger partial charge in [0.1, 0.15) is 5.75 Å². The Kier molecular flexibility index (Phi) is 6.21. The molecule has 2 N–H and O–H groups in total. The number of halogens is 2. The van der Waals surface area contributed by atoms with E-state index in [0.717, 1.165) is 17.1 Å². The molecule has 1 amide bonds. The molecular weight excluding hydrogens is 488 g/mol. The van der Waals surface area contributed by atoms with Crippen LogP contribution in [-0.4, -0.2) is 35.9 Å². The van der Waals surface area contributed by atoms with Gasteiger partial charge in [0.2, 0.25) is 0 Å². The fraction of sp³-hybridized carbons (Fsp3) is 0.100. The van der Waals surface area contributed by atoms with Crippen molar-refractivity contribution in [2.45, 2.75) is 0 Å². The van der Waals surface area contributed by atoms with Crippen molar-refractivity contribution in [1.29, 1.82) is 0 Å². The molecule has 144 valence electrons. The van der Waals surface area contributed by atoms with Crippen molar-refractivity contribution in [2.75, 3.05) is 19.0 Å². The van der Waals surface area contributed by atoms with E-state index in [1.54, 1.807) is 12.3 Å². The van der Waals surface area contributed by atoms with Crippen LogP contribution in [0.2, 0.25) is 0 Å². The Morgan fingerprint density at radius 1 is 1.18 bits per heavy atom. The third kappa shape index (κ3) is 4.45. The standard InChI is InChI=1S/C20H18Br2N4O2/c1-25(2)14-5-7-15(8-6-14)26-9-3-4-16(26)12-23-24-20(28)17-10-13(21)11-18(22)19(17)27/h3-12,27H,1-2H3,(H,24,28)/b23-12-. The molecule has 0 spiro atoms. The molecule has 0 saturated carbocycles. The number of nitrogens with one attached hydrogen (secondary N) is 1. The first-order valence-corrected chi connectivity index (χ1v) is 9.92. The van der Waals surface area contributed by atoms with Gasteiger partial charge in [0.15, 0.2) is 0 Å². The number of anilines is 1. The predicted molar refractivity (Wildman–Crippen MR) is 119 cm³/mol. The minimum Gasteiger partial charge on any atom is -0.506 e. The number of phenols is 1. The van der Waals surface area contributed by atoms with Gasteiger partial charge in [0.05, 0.1) is 21.9 Å². The van der Waals surface area contributed by atoms with Crippen LogP contribution in [-0.2, 0) is 0 Å². The molecular formula is C20H18Br2N4O2. The number of hydrogen-bond donors (Lipinski definition) is 2. The lowest BCUT2D eigenvalue weighted by atomic mass is 10.2. The van der Waals surface area contributed by atoms with Gasteiger partial charge in [-0.3, -0.25) is 4.79 Å². The third-order valence-corrected chi connectivity index (χ3v) is 5.12. The van der Waals surface area contributed by atoms with Crippen molar-refractivity contribution < 1.29 is 9.90 Å². The smallest absolute Gasteiger partial charge is 0.275 e. The second-order valence-electron chi connectivity index (χ2n) is 6.20. The summed E-state index contributed by atoms with van der Waals surface area (Å²) in [6.45, 7) is 0. The van der Waals surface area contributed by atoms with Crippen LogP contribution >= 0.6 is 31.9 Å². The molecule has 0 fully saturated rings. The first-order chi connectivity index (χ1) is 13.4. The predicted octanol–water partition coefficient (Wildman–Crippen LogP) is 4.54. The van der Waals surface area contributed by atoms with Gasteiger partial charge in [-0.05, 0) is 64.5 Å². The van der Waals surface area contributed by atoms with E-state index in [9.17, 15) is 9.90 Å². The normalized spacial score (nSPS) is 11.0. The molecule has 3 rings (SSSR count). The number of rotatable bonds is 5. The first-order valence-electron chi connectivity index (χ1n) is 8.33. The van der Waals surface area contributed by atoms with Crippen LogP contribution in [0.25, 0.3) is 5.69 Å². The fourth-order valence-corrected chi connectivity index (χ4v) is 3.83. The van der Waals surface area contributed by atoms with Crippen molar-refractivity contribution in [1.82, 2.24) is 9.99 Å². The van der Waals surface area contributed by atoms with E-state index in [1.807, 2.05) is 66.2 Å². The van der Waals surface area contributed by atoms with E-state index in [4.69, 9.17) is 0 Å². The summed E-state index contributed by atoms with van der Waals surface area (Å²) < 4.78 is 3.05. The van der Waals surface area contributed by atoms with Gasteiger partial charge in [-0.25, -0.2) is 5.43 Å². The van der Waals surface area contributed by atoms with Crippen molar-refractivity contribution in [3.05, 3.63) is 74.9 Å². The minimum atomic E-state index is -0.510. The van der Waals surface area contributed by atoms with Crippen molar-refractivity contribution in [3.8, 4) is 11.4 Å². The van der Waals surface area contributed by atoms with Crippen LogP contribution < -0.4 is 10.3 Å². The number of aromatic nitrogens is 1. The second kappa shape index (κ2) is 8.62. The van der Waals surface area contributed by atoms with E-state index in [2.05, 4.69) is 42.4 Å². The number of benzene rings is 2. The molecule has 6 nitrogen and oxygen atoms in total. The number of phenolic OH excluding ortho intramolecular Hbond substituents is 1. The highest BCUT2D eigenvalue weighted by molar-refractivity contribution is 9.11. The number of nitrogens with zero attached hydrogens (tertiary/aromatic N) is 3. The maximum atomic E-state index is 12.3. The lowest BCUT2D eigenvalue weighted by Gasteiger charge is -2.13. The average Bonchev–Trinajstić information content (AvgIpc) is 3.13. The maximum absolute atomic E-state index is 12.3. The summed E-state index contributed by atoms with van der Waals surface area (Å²) in [4.78, 5) is 14.4. The molecule has 3 aromatic rings. The third-order valence-electron chi connectivity index (χ3n) is 4.06. The number of carbonyl (C=O) groups excluding carboxylic acids is 1. The lowest BCUT2D eigenvalue weighted by Crippen LogP contribution is -2.18. The second-order valence-corrected chi connectivity index (χ2v) is 7.97. The molecule has 0 saturated heterocycles. The van der Waals surface area contributed by atoms with Crippen LogP contribution in [0.4, 0.5) is 5.69 Å². The van der Waals surface area contributed by atoms with Gasteiger partial charge in [-0.15, -0.1) is 0 Å². The van der Waals surface area contributed by atoms with Gasteiger partial charge in [0, 0.05) is 36.1 Å². The van der Waals surface area contributed by atoms with E-state index < -0.39 is 5.91 Å². The van der Waals surface area contributed by atoms with E-state index in [0.29, 0.717) is 8.95 Å². The summed E-state index contributed by atoms with van der Waals surface area (Å²) in [5.74, 6) is -0.649. The molecule has 8 heteroatoms. The molecule has 0 aliphatic heterocycles. The quantitative estimate of drug-likeness (QED) is 0.395. The zero-order valence-electron chi connectivity index (χ0n) is 15.2. The van der Waals surface area contributed by atoms with Crippen molar-refractivity contribution >= 4 is 49.7 Å². The average molecular weight is 506 g/mol. The minimum absolute atomic E-state index is 0.119. The summed E-state index contributed by atoms with van der Waals surface area (Å²) in [5.41, 5.74) is 5.46. The Balaban J connectivity index is 1.76. The Morgan fingerprint density at radius 2 is 1.89 bits per heavy atom. The molecule has 28 heavy (non-hydrogen) atoms. The summed E-state index contributed by atoms with van der Waals surface area (Å²) >= 11 is 6.51. The molecule has 0 bridgehead atoms. The van der Waals surface area contributed by atoms with Crippen molar-refractivity contribution in [2.24, 2.45) is 5.10 Å². The van der Waals surface area contributed by atoms with Gasteiger partial charge in [0.25, 0.3) is 5.91 Å². The number of hydrazone groups is 1. The van der Waals surface area contributed by atoms with Crippen LogP contribution in [0, 0.1) is 0 Å². The van der Waals surface area contributed by atoms with Crippen LogP contribution in [0.3, 0.4) is 0 Å². The zero-order chi connectivity index (χ0) is 20.3. The van der Waals surface area contributed by atoms with Crippen molar-refractivity contribution in [3.63, 3.8) is 0 Å². The van der Waals surface area contributed by atoms with Gasteiger partial charge >= 0.3 is 0 Å². The highest BCUT2D eigenvalue weighted by Crippen LogP contribution is 2.31. The number of carbonyl (C=O) groups is 1. The molecule has 0 radical (unpaired) electrons. The van der Waals surface area contributed by atoms with Gasteiger partial charge < -0.3 is 14.6 Å². The molecule has 2 aromatic carbocycles. The molecule has 0 atom stereocenters. The Bertz CT molecular complexity index is 1030. The van der Waals surface area contributed by atoms with E-state index >= 15 is 0 Å². The fourth-order valence-electron chi connectivity index (χ4n) is 2.60. The number of hydrogen-bond acceptors (Lipinski definition) is 4. The summed E-state index contributed by atoms with van der Waals surface area (Å²) in [6.07, 6.45) is 3.48. The molecule has 1 aromatic heterocycles. The molecule has 0 aliphatic carbocycles. The number of aromatic hydroxyl groups is 1. The molecule has 0 unspecified atom stereocenters. The number of amides is 1. The Hall–Kier alpha value is -2.58. The van der Waals surface area contributed by atoms with Crippen LogP contribution in [0.5, 0.6) is 5.75 Å². The Labute approximate surface area is 179 Å². The van der Waals surface area contributed by atoms with E-state index in [1.165, 1.54) is 6.07 Å². The largest absolute Gasteiger partial charge is 0.506 e. The highest BCUT2D eigenvalue weighted by Gasteiger charge is 2.14.